The molecule has 120 valence electrons. The number of nitrogens with zero attached hydrogens (tertiary/aromatic N) is 3. The van der Waals surface area contributed by atoms with Crippen LogP contribution in [-0.4, -0.2) is 27.9 Å². The molecule has 0 spiro atoms. The zero-order valence-corrected chi connectivity index (χ0v) is 14.6. The Morgan fingerprint density at radius 3 is 2.36 bits per heavy atom. The molecular formula is C16H24FN3OSi. The standard InChI is InChI=1S/C16H24FN3OSi/c1-5-15(22(2,3)4)16(21,10-20-12-18-11-19-20)13-6-8-14(17)9-7-13/h6-9,11-12,15,21H,5,10H2,1-4H3. The molecular weight excluding hydrogens is 297 g/mol. The van der Waals surface area contributed by atoms with Crippen molar-refractivity contribution < 1.29 is 9.50 Å². The van der Waals surface area contributed by atoms with Crippen LogP contribution in [0.15, 0.2) is 36.9 Å². The smallest absolute Gasteiger partial charge is 0.137 e. The van der Waals surface area contributed by atoms with Gasteiger partial charge in [0.1, 0.15) is 24.1 Å². The molecule has 0 saturated carbocycles. The molecule has 2 rings (SSSR count). The van der Waals surface area contributed by atoms with Crippen LogP contribution in [0.25, 0.3) is 0 Å². The summed E-state index contributed by atoms with van der Waals surface area (Å²) in [6.45, 7) is 9.16. The molecule has 0 fully saturated rings. The highest BCUT2D eigenvalue weighted by Gasteiger charge is 2.45. The Morgan fingerprint density at radius 2 is 1.91 bits per heavy atom. The normalized spacial score (nSPS) is 16.3. The van der Waals surface area contributed by atoms with E-state index < -0.39 is 13.7 Å². The molecule has 4 nitrogen and oxygen atoms in total. The van der Waals surface area contributed by atoms with E-state index in [2.05, 4.69) is 36.6 Å². The fourth-order valence-corrected chi connectivity index (χ4v) is 6.28. The molecule has 2 aromatic rings. The summed E-state index contributed by atoms with van der Waals surface area (Å²) in [5.74, 6) is -0.298. The van der Waals surface area contributed by atoms with Gasteiger partial charge in [0.15, 0.2) is 0 Å². The molecule has 1 N–H and O–H groups in total. The third-order valence-corrected chi connectivity index (χ3v) is 7.22. The van der Waals surface area contributed by atoms with Gasteiger partial charge in [0.05, 0.1) is 14.6 Å². The minimum atomic E-state index is -1.66. The van der Waals surface area contributed by atoms with Gasteiger partial charge in [-0.2, -0.15) is 5.10 Å². The van der Waals surface area contributed by atoms with Gasteiger partial charge in [-0.05, 0) is 23.2 Å². The van der Waals surface area contributed by atoms with Gasteiger partial charge in [-0.15, -0.1) is 0 Å². The summed E-state index contributed by atoms with van der Waals surface area (Å²) in [7, 11) is -1.66. The van der Waals surface area contributed by atoms with Crippen molar-refractivity contribution in [2.45, 2.75) is 50.7 Å². The van der Waals surface area contributed by atoms with Crippen molar-refractivity contribution >= 4 is 8.07 Å². The van der Waals surface area contributed by atoms with Gasteiger partial charge in [0.2, 0.25) is 0 Å². The molecule has 0 saturated heterocycles. The summed E-state index contributed by atoms with van der Waals surface area (Å²) in [6.07, 6.45) is 3.92. The molecule has 0 aliphatic heterocycles. The van der Waals surface area contributed by atoms with Crippen LogP contribution >= 0.6 is 0 Å². The van der Waals surface area contributed by atoms with Crippen LogP contribution < -0.4 is 0 Å². The number of benzene rings is 1. The van der Waals surface area contributed by atoms with Gasteiger partial charge in [-0.1, -0.05) is 45.1 Å². The van der Waals surface area contributed by atoms with E-state index in [0.29, 0.717) is 6.54 Å². The van der Waals surface area contributed by atoms with Crippen molar-refractivity contribution in [3.8, 4) is 0 Å². The van der Waals surface area contributed by atoms with Crippen LogP contribution in [0, 0.1) is 5.82 Å². The highest BCUT2D eigenvalue weighted by molar-refractivity contribution is 6.77. The lowest BCUT2D eigenvalue weighted by atomic mass is 9.88. The monoisotopic (exact) mass is 321 g/mol. The van der Waals surface area contributed by atoms with Gasteiger partial charge in [0.25, 0.3) is 0 Å². The first-order chi connectivity index (χ1) is 10.3. The van der Waals surface area contributed by atoms with Crippen molar-refractivity contribution in [1.82, 2.24) is 14.8 Å². The molecule has 1 aromatic heterocycles. The maximum atomic E-state index is 13.3. The topological polar surface area (TPSA) is 50.9 Å². The molecule has 6 heteroatoms. The molecule has 22 heavy (non-hydrogen) atoms. The second-order valence-corrected chi connectivity index (χ2v) is 12.3. The van der Waals surface area contributed by atoms with Gasteiger partial charge in [-0.25, -0.2) is 14.1 Å². The van der Waals surface area contributed by atoms with Crippen molar-refractivity contribution in [3.63, 3.8) is 0 Å². The first-order valence-electron chi connectivity index (χ1n) is 7.58. The van der Waals surface area contributed by atoms with Crippen LogP contribution in [0.5, 0.6) is 0 Å². The summed E-state index contributed by atoms with van der Waals surface area (Å²) in [5, 5.41) is 15.7. The summed E-state index contributed by atoms with van der Waals surface area (Å²) in [4.78, 5) is 3.95. The van der Waals surface area contributed by atoms with Crippen molar-refractivity contribution in [2.75, 3.05) is 0 Å². The molecule has 2 atom stereocenters. The number of halogens is 1. The van der Waals surface area contributed by atoms with Crippen LogP contribution in [0.4, 0.5) is 4.39 Å². The lowest BCUT2D eigenvalue weighted by Crippen LogP contribution is -2.46. The van der Waals surface area contributed by atoms with E-state index in [1.807, 2.05) is 0 Å². The summed E-state index contributed by atoms with van der Waals surface area (Å²) in [6, 6.07) is 6.15. The number of aromatic nitrogens is 3. The maximum absolute atomic E-state index is 13.3. The second kappa shape index (κ2) is 6.30. The predicted octanol–water partition coefficient (Wildman–Crippen LogP) is 3.42. The van der Waals surface area contributed by atoms with Gasteiger partial charge in [0, 0.05) is 0 Å². The number of aliphatic hydroxyl groups is 1. The first kappa shape index (κ1) is 16.8. The molecule has 1 aromatic carbocycles. The summed E-state index contributed by atoms with van der Waals surface area (Å²) >= 11 is 0. The predicted molar refractivity (Wildman–Crippen MR) is 87.7 cm³/mol. The molecule has 0 aliphatic carbocycles. The van der Waals surface area contributed by atoms with Crippen LogP contribution in [0.3, 0.4) is 0 Å². The highest BCUT2D eigenvalue weighted by Crippen LogP contribution is 2.44. The Hall–Kier alpha value is -1.53. The van der Waals surface area contributed by atoms with E-state index in [0.717, 1.165) is 12.0 Å². The Labute approximate surface area is 132 Å². The third-order valence-electron chi connectivity index (χ3n) is 4.24. The Kier molecular flexibility index (Phi) is 4.82. The van der Waals surface area contributed by atoms with E-state index in [4.69, 9.17) is 0 Å². The van der Waals surface area contributed by atoms with E-state index in [9.17, 15) is 9.50 Å². The highest BCUT2D eigenvalue weighted by atomic mass is 28.3. The minimum Gasteiger partial charge on any atom is -0.383 e. The Bertz CT molecular complexity index is 595. The molecule has 0 radical (unpaired) electrons. The zero-order valence-electron chi connectivity index (χ0n) is 13.6. The number of hydrogen-bond donors (Lipinski definition) is 1. The van der Waals surface area contributed by atoms with Gasteiger partial charge in [-0.3, -0.25) is 0 Å². The van der Waals surface area contributed by atoms with E-state index in [1.165, 1.54) is 18.5 Å². The molecule has 2 unspecified atom stereocenters. The van der Waals surface area contributed by atoms with E-state index >= 15 is 0 Å². The van der Waals surface area contributed by atoms with Gasteiger partial charge < -0.3 is 5.11 Å². The number of hydrogen-bond acceptors (Lipinski definition) is 3. The minimum absolute atomic E-state index is 0.120. The van der Waals surface area contributed by atoms with Crippen LogP contribution in [0.1, 0.15) is 18.9 Å². The van der Waals surface area contributed by atoms with Gasteiger partial charge >= 0.3 is 0 Å². The largest absolute Gasteiger partial charge is 0.383 e. The average molecular weight is 321 g/mol. The Balaban J connectivity index is 2.49. The fraction of sp³-hybridized carbons (Fsp3) is 0.500. The third kappa shape index (κ3) is 3.44. The molecule has 0 amide bonds. The van der Waals surface area contributed by atoms with Crippen molar-refractivity contribution in [1.29, 1.82) is 0 Å². The van der Waals surface area contributed by atoms with Crippen molar-refractivity contribution in [2.24, 2.45) is 0 Å². The van der Waals surface area contributed by atoms with E-state index in [1.54, 1.807) is 23.1 Å². The average Bonchev–Trinajstić information content (AvgIpc) is 2.91. The zero-order chi connectivity index (χ0) is 16.4. The quantitative estimate of drug-likeness (QED) is 0.829. The number of rotatable bonds is 6. The molecule has 1 heterocycles. The SMILES string of the molecule is CCC(C(O)(Cn1cncn1)c1ccc(F)cc1)[Si](C)(C)C. The second-order valence-electron chi connectivity index (χ2n) is 6.85. The van der Waals surface area contributed by atoms with Crippen molar-refractivity contribution in [3.05, 3.63) is 48.3 Å². The van der Waals surface area contributed by atoms with Crippen LogP contribution in [0.2, 0.25) is 25.2 Å². The Morgan fingerprint density at radius 1 is 1.27 bits per heavy atom. The van der Waals surface area contributed by atoms with Crippen LogP contribution in [-0.2, 0) is 12.1 Å². The maximum Gasteiger partial charge on any atom is 0.137 e. The first-order valence-corrected chi connectivity index (χ1v) is 11.2. The molecule has 0 bridgehead atoms. The van der Waals surface area contributed by atoms with E-state index in [-0.39, 0.29) is 11.4 Å². The summed E-state index contributed by atoms with van der Waals surface area (Å²) in [5.41, 5.74) is -0.228. The summed E-state index contributed by atoms with van der Waals surface area (Å²) < 4.78 is 14.9. The molecule has 0 aliphatic rings. The lowest BCUT2D eigenvalue weighted by molar-refractivity contribution is 0.00361. The lowest BCUT2D eigenvalue weighted by Gasteiger charge is -2.42. The fourth-order valence-electron chi connectivity index (χ4n) is 3.37.